The molecule has 0 unspecified atom stereocenters. The summed E-state index contributed by atoms with van der Waals surface area (Å²) in [5.74, 6) is 0.963. The molecule has 3 aromatic rings. The second-order valence-corrected chi connectivity index (χ2v) is 7.63. The van der Waals surface area contributed by atoms with Crippen molar-refractivity contribution >= 4 is 28.4 Å². The smallest absolute Gasteiger partial charge is 0.328 e. The van der Waals surface area contributed by atoms with Crippen molar-refractivity contribution in [2.75, 3.05) is 36.4 Å². The predicted octanol–water partition coefficient (Wildman–Crippen LogP) is 3.96. The highest BCUT2D eigenvalue weighted by Crippen LogP contribution is 2.25. The number of rotatable bonds is 3. The number of para-hydroxylation sites is 1. The highest BCUT2D eigenvalue weighted by Gasteiger charge is 2.25. The fourth-order valence-corrected chi connectivity index (χ4v) is 3.84. The number of fused-ring (bicyclic) bond motifs is 1. The molecule has 1 aliphatic rings. The fraction of sp³-hybridized carbons (Fsp3) is 0.364. The molecule has 0 bridgehead atoms. The van der Waals surface area contributed by atoms with Crippen LogP contribution in [0.25, 0.3) is 10.9 Å². The summed E-state index contributed by atoms with van der Waals surface area (Å²) in [6.07, 6.45) is 3.77. The van der Waals surface area contributed by atoms with Gasteiger partial charge < -0.3 is 15.1 Å². The number of hydrogen-bond acceptors (Lipinski definition) is 4. The fourth-order valence-electron chi connectivity index (χ4n) is 3.84. The van der Waals surface area contributed by atoms with Crippen molar-refractivity contribution in [1.29, 1.82) is 0 Å². The molecule has 0 aliphatic carbocycles. The maximum absolute atomic E-state index is 13.1. The summed E-state index contributed by atoms with van der Waals surface area (Å²) in [4.78, 5) is 21.9. The minimum absolute atomic E-state index is 0.0468. The topological polar surface area (TPSA) is 53.4 Å². The van der Waals surface area contributed by atoms with Crippen LogP contribution in [0.5, 0.6) is 0 Å². The average Bonchev–Trinajstić information content (AvgIpc) is 3.05. The molecule has 146 valence electrons. The summed E-state index contributed by atoms with van der Waals surface area (Å²) in [6.45, 7) is 9.20. The zero-order chi connectivity index (χ0) is 19.7. The van der Waals surface area contributed by atoms with Gasteiger partial charge in [-0.15, -0.1) is 0 Å². The largest absolute Gasteiger partial charge is 0.380 e. The second kappa shape index (κ2) is 7.54. The Balaban J connectivity index is 1.49. The number of piperazine rings is 1. The van der Waals surface area contributed by atoms with Gasteiger partial charge in [0, 0.05) is 50.0 Å². The Morgan fingerprint density at radius 1 is 1.07 bits per heavy atom. The quantitative estimate of drug-likeness (QED) is 0.751. The number of aryl methyl sites for hydroxylation is 1. The minimum Gasteiger partial charge on any atom is -0.380 e. The van der Waals surface area contributed by atoms with Gasteiger partial charge >= 0.3 is 6.03 Å². The third kappa shape index (κ3) is 3.42. The lowest BCUT2D eigenvalue weighted by atomic mass is 10.2. The number of anilines is 2. The van der Waals surface area contributed by atoms with Gasteiger partial charge in [0.1, 0.15) is 0 Å². The molecule has 1 aliphatic heterocycles. The van der Waals surface area contributed by atoms with E-state index in [1.54, 1.807) is 4.57 Å². The van der Waals surface area contributed by atoms with Crippen molar-refractivity contribution in [1.82, 2.24) is 14.5 Å². The lowest BCUT2D eigenvalue weighted by molar-refractivity contribution is 0.197. The van der Waals surface area contributed by atoms with Crippen LogP contribution in [0.3, 0.4) is 0 Å². The highest BCUT2D eigenvalue weighted by atomic mass is 16.2. The van der Waals surface area contributed by atoms with Crippen molar-refractivity contribution in [2.24, 2.45) is 0 Å². The SMILES string of the molecule is Cc1cn(C(=O)N2CCN(c3ncccc3NC(C)C)CC2)c2ccccc12. The van der Waals surface area contributed by atoms with Crippen LogP contribution in [0.2, 0.25) is 0 Å². The van der Waals surface area contributed by atoms with Crippen LogP contribution < -0.4 is 10.2 Å². The Bertz CT molecular complexity index is 986. The van der Waals surface area contributed by atoms with Crippen molar-refractivity contribution in [2.45, 2.75) is 26.8 Å². The van der Waals surface area contributed by atoms with E-state index in [0.717, 1.165) is 41.1 Å². The number of pyridine rings is 1. The Kier molecular flexibility index (Phi) is 4.94. The van der Waals surface area contributed by atoms with Gasteiger partial charge in [0.25, 0.3) is 0 Å². The first kappa shape index (κ1) is 18.3. The van der Waals surface area contributed by atoms with Crippen molar-refractivity contribution in [3.05, 3.63) is 54.4 Å². The third-order valence-electron chi connectivity index (χ3n) is 5.20. The van der Waals surface area contributed by atoms with Gasteiger partial charge in [-0.05, 0) is 44.5 Å². The molecule has 3 heterocycles. The zero-order valence-electron chi connectivity index (χ0n) is 16.7. The molecule has 1 N–H and O–H groups in total. The maximum atomic E-state index is 13.1. The molecule has 6 nitrogen and oxygen atoms in total. The molecule has 0 spiro atoms. The van der Waals surface area contributed by atoms with Crippen molar-refractivity contribution < 1.29 is 4.79 Å². The van der Waals surface area contributed by atoms with Crippen LogP contribution in [-0.2, 0) is 0 Å². The molecule has 4 rings (SSSR count). The van der Waals surface area contributed by atoms with Gasteiger partial charge in [0.15, 0.2) is 5.82 Å². The number of benzene rings is 1. The second-order valence-electron chi connectivity index (χ2n) is 7.63. The number of aromatic nitrogens is 2. The average molecular weight is 377 g/mol. The van der Waals surface area contributed by atoms with Crippen LogP contribution in [-0.4, -0.2) is 52.7 Å². The summed E-state index contributed by atoms with van der Waals surface area (Å²) < 4.78 is 1.78. The van der Waals surface area contributed by atoms with Gasteiger partial charge in [-0.2, -0.15) is 0 Å². The van der Waals surface area contributed by atoms with E-state index in [-0.39, 0.29) is 6.03 Å². The molecular formula is C22H27N5O. The van der Waals surface area contributed by atoms with Crippen molar-refractivity contribution in [3.63, 3.8) is 0 Å². The molecule has 1 aromatic carbocycles. The predicted molar refractivity (Wildman–Crippen MR) is 114 cm³/mol. The summed E-state index contributed by atoms with van der Waals surface area (Å²) in [7, 11) is 0. The molecule has 0 saturated carbocycles. The monoisotopic (exact) mass is 377 g/mol. The summed E-state index contributed by atoms with van der Waals surface area (Å²) in [6, 6.07) is 12.5. The van der Waals surface area contributed by atoms with E-state index in [1.165, 1.54) is 0 Å². The van der Waals surface area contributed by atoms with E-state index in [0.29, 0.717) is 19.1 Å². The molecular weight excluding hydrogens is 350 g/mol. The molecule has 2 aromatic heterocycles. The van der Waals surface area contributed by atoms with Crippen molar-refractivity contribution in [3.8, 4) is 0 Å². The van der Waals surface area contributed by atoms with E-state index >= 15 is 0 Å². The van der Waals surface area contributed by atoms with E-state index in [1.807, 2.05) is 48.5 Å². The normalized spacial score (nSPS) is 14.7. The first-order valence-corrected chi connectivity index (χ1v) is 9.87. The Morgan fingerprint density at radius 2 is 1.82 bits per heavy atom. The van der Waals surface area contributed by atoms with Crippen LogP contribution in [0.15, 0.2) is 48.8 Å². The van der Waals surface area contributed by atoms with E-state index in [2.05, 4.69) is 41.2 Å². The van der Waals surface area contributed by atoms with E-state index in [9.17, 15) is 4.79 Å². The van der Waals surface area contributed by atoms with Crippen LogP contribution in [0.1, 0.15) is 19.4 Å². The van der Waals surface area contributed by atoms with Crippen LogP contribution in [0.4, 0.5) is 16.3 Å². The molecule has 28 heavy (non-hydrogen) atoms. The number of nitrogens with one attached hydrogen (secondary N) is 1. The number of carbonyl (C=O) groups is 1. The van der Waals surface area contributed by atoms with E-state index < -0.39 is 0 Å². The Hall–Kier alpha value is -3.02. The Morgan fingerprint density at radius 3 is 2.57 bits per heavy atom. The maximum Gasteiger partial charge on any atom is 0.328 e. The lowest BCUT2D eigenvalue weighted by Gasteiger charge is -2.36. The van der Waals surface area contributed by atoms with E-state index in [4.69, 9.17) is 0 Å². The summed E-state index contributed by atoms with van der Waals surface area (Å²) in [5.41, 5.74) is 3.14. The third-order valence-corrected chi connectivity index (χ3v) is 5.20. The number of amides is 1. The van der Waals surface area contributed by atoms with Gasteiger partial charge in [-0.3, -0.25) is 4.57 Å². The van der Waals surface area contributed by atoms with Gasteiger partial charge in [0.2, 0.25) is 0 Å². The molecule has 1 saturated heterocycles. The summed E-state index contributed by atoms with van der Waals surface area (Å²) >= 11 is 0. The zero-order valence-corrected chi connectivity index (χ0v) is 16.7. The van der Waals surface area contributed by atoms with Gasteiger partial charge in [-0.25, -0.2) is 9.78 Å². The molecule has 1 amide bonds. The molecule has 1 fully saturated rings. The number of carbonyl (C=O) groups excluding carboxylic acids is 1. The van der Waals surface area contributed by atoms with Gasteiger partial charge in [0.05, 0.1) is 11.2 Å². The number of nitrogens with zero attached hydrogens (tertiary/aromatic N) is 4. The number of hydrogen-bond donors (Lipinski definition) is 1. The Labute approximate surface area is 165 Å². The minimum atomic E-state index is 0.0468. The summed E-state index contributed by atoms with van der Waals surface area (Å²) in [5, 5.41) is 4.60. The van der Waals surface area contributed by atoms with Crippen LogP contribution >= 0.6 is 0 Å². The first-order chi connectivity index (χ1) is 13.5. The van der Waals surface area contributed by atoms with Gasteiger partial charge in [-0.1, -0.05) is 18.2 Å². The highest BCUT2D eigenvalue weighted by molar-refractivity contribution is 5.93. The molecule has 0 radical (unpaired) electrons. The molecule has 6 heteroatoms. The first-order valence-electron chi connectivity index (χ1n) is 9.87. The molecule has 0 atom stereocenters. The standard InChI is InChI=1S/C22H27N5O/c1-16(2)24-19-8-6-10-23-21(19)25-11-13-26(14-12-25)22(28)27-15-17(3)18-7-4-5-9-20(18)27/h4-10,15-16,24H,11-14H2,1-3H3. The van der Waals surface area contributed by atoms with Crippen LogP contribution in [0, 0.1) is 6.92 Å². The lowest BCUT2D eigenvalue weighted by Crippen LogP contribution is -2.50.